The van der Waals surface area contributed by atoms with Gasteiger partial charge in [-0.15, -0.1) is 0 Å². The molecule has 1 amide bonds. The molecule has 0 heterocycles. The maximum atomic E-state index is 13.0. The van der Waals surface area contributed by atoms with Gasteiger partial charge in [-0.3, -0.25) is 4.79 Å². The Hall–Kier alpha value is -2.90. The number of methoxy groups -OCH3 is 2. The lowest BCUT2D eigenvalue weighted by Crippen LogP contribution is -2.37. The number of halogens is 3. The average molecular weight is 397 g/mol. The first-order valence-electron chi connectivity index (χ1n) is 8.54. The summed E-state index contributed by atoms with van der Waals surface area (Å²) in [6.45, 7) is 1.55. The molecule has 1 unspecified atom stereocenters. The number of amides is 1. The fourth-order valence-corrected chi connectivity index (χ4v) is 2.58. The SMILES string of the molecule is COc1ccc(CC(=O)NC(C)COc2ccccc2C(F)(F)F)c(OC)c1. The van der Waals surface area contributed by atoms with Crippen LogP contribution in [0.1, 0.15) is 18.1 Å². The van der Waals surface area contributed by atoms with E-state index in [9.17, 15) is 18.0 Å². The van der Waals surface area contributed by atoms with Gasteiger partial charge in [-0.05, 0) is 25.1 Å². The molecule has 0 spiro atoms. The van der Waals surface area contributed by atoms with Crippen molar-refractivity contribution in [3.05, 3.63) is 53.6 Å². The highest BCUT2D eigenvalue weighted by Gasteiger charge is 2.34. The standard InChI is InChI=1S/C20H22F3NO4/c1-13(12-28-17-7-5-4-6-16(17)20(21,22)23)24-19(25)10-14-8-9-15(26-2)11-18(14)27-3/h4-9,11,13H,10,12H2,1-3H3,(H,24,25). The first kappa shape index (κ1) is 21.4. The molecule has 0 saturated heterocycles. The number of carbonyl (C=O) groups is 1. The van der Waals surface area contributed by atoms with Gasteiger partial charge in [-0.25, -0.2) is 0 Å². The van der Waals surface area contributed by atoms with Gasteiger partial charge in [0.25, 0.3) is 0 Å². The summed E-state index contributed by atoms with van der Waals surface area (Å²) in [5.74, 6) is 0.542. The van der Waals surface area contributed by atoms with Crippen LogP contribution in [0.2, 0.25) is 0 Å². The van der Waals surface area contributed by atoms with Crippen molar-refractivity contribution >= 4 is 5.91 Å². The third-order valence-corrected chi connectivity index (χ3v) is 3.93. The summed E-state index contributed by atoms with van der Waals surface area (Å²) < 4.78 is 54.6. The molecule has 0 radical (unpaired) electrons. The van der Waals surface area contributed by atoms with Crippen molar-refractivity contribution in [3.63, 3.8) is 0 Å². The first-order valence-corrected chi connectivity index (χ1v) is 8.54. The van der Waals surface area contributed by atoms with Crippen molar-refractivity contribution in [3.8, 4) is 17.2 Å². The summed E-state index contributed by atoms with van der Waals surface area (Å²) in [5, 5.41) is 2.70. The molecule has 28 heavy (non-hydrogen) atoms. The first-order chi connectivity index (χ1) is 13.2. The van der Waals surface area contributed by atoms with Crippen LogP contribution in [0.5, 0.6) is 17.2 Å². The lowest BCUT2D eigenvalue weighted by Gasteiger charge is -2.18. The molecule has 1 atom stereocenters. The van der Waals surface area contributed by atoms with Gasteiger partial charge in [-0.2, -0.15) is 13.2 Å². The number of rotatable bonds is 8. The van der Waals surface area contributed by atoms with E-state index in [1.165, 1.54) is 32.4 Å². The van der Waals surface area contributed by atoms with E-state index < -0.39 is 17.8 Å². The molecule has 0 saturated carbocycles. The Bertz CT molecular complexity index is 808. The van der Waals surface area contributed by atoms with Crippen LogP contribution >= 0.6 is 0 Å². The van der Waals surface area contributed by atoms with Crippen LogP contribution in [-0.4, -0.2) is 32.8 Å². The van der Waals surface area contributed by atoms with E-state index in [2.05, 4.69) is 5.32 Å². The molecule has 0 aromatic heterocycles. The third-order valence-electron chi connectivity index (χ3n) is 3.93. The summed E-state index contributed by atoms with van der Waals surface area (Å²) in [6.07, 6.45) is -4.45. The second kappa shape index (κ2) is 9.34. The van der Waals surface area contributed by atoms with Gasteiger partial charge in [0.05, 0.1) is 32.2 Å². The van der Waals surface area contributed by atoms with E-state index in [1.54, 1.807) is 25.1 Å². The maximum Gasteiger partial charge on any atom is 0.419 e. The number of ether oxygens (including phenoxy) is 3. The number of benzene rings is 2. The lowest BCUT2D eigenvalue weighted by molar-refractivity contribution is -0.139. The summed E-state index contributed by atoms with van der Waals surface area (Å²) in [7, 11) is 3.02. The predicted octanol–water partition coefficient (Wildman–Crippen LogP) is 3.85. The summed E-state index contributed by atoms with van der Waals surface area (Å²) in [5.41, 5.74) is -0.187. The fraction of sp³-hybridized carbons (Fsp3) is 0.350. The third kappa shape index (κ3) is 5.80. The zero-order valence-corrected chi connectivity index (χ0v) is 15.8. The maximum absolute atomic E-state index is 13.0. The van der Waals surface area contributed by atoms with E-state index in [0.29, 0.717) is 17.1 Å². The molecule has 0 bridgehead atoms. The van der Waals surface area contributed by atoms with E-state index >= 15 is 0 Å². The van der Waals surface area contributed by atoms with Gasteiger partial charge in [0.15, 0.2) is 0 Å². The normalized spacial score (nSPS) is 12.2. The van der Waals surface area contributed by atoms with Crippen LogP contribution in [0.25, 0.3) is 0 Å². The topological polar surface area (TPSA) is 56.8 Å². The summed E-state index contributed by atoms with van der Waals surface area (Å²) in [4.78, 5) is 12.2. The molecule has 2 rings (SSSR count). The minimum absolute atomic E-state index is 0.0522. The predicted molar refractivity (Wildman–Crippen MR) is 97.8 cm³/mol. The molecule has 152 valence electrons. The highest BCUT2D eigenvalue weighted by molar-refractivity contribution is 5.79. The van der Waals surface area contributed by atoms with Crippen LogP contribution in [0.3, 0.4) is 0 Å². The Morgan fingerprint density at radius 3 is 2.43 bits per heavy atom. The smallest absolute Gasteiger partial charge is 0.419 e. The van der Waals surface area contributed by atoms with Crippen molar-refractivity contribution in [1.29, 1.82) is 0 Å². The molecule has 0 aliphatic rings. The van der Waals surface area contributed by atoms with E-state index in [-0.39, 0.29) is 24.7 Å². The molecule has 5 nitrogen and oxygen atoms in total. The fourth-order valence-electron chi connectivity index (χ4n) is 2.58. The van der Waals surface area contributed by atoms with Crippen LogP contribution in [0.4, 0.5) is 13.2 Å². The van der Waals surface area contributed by atoms with Gasteiger partial charge < -0.3 is 19.5 Å². The molecule has 1 N–H and O–H groups in total. The quantitative estimate of drug-likeness (QED) is 0.735. The van der Waals surface area contributed by atoms with Gasteiger partial charge in [0.1, 0.15) is 23.9 Å². The summed E-state index contributed by atoms with van der Waals surface area (Å²) >= 11 is 0. The summed E-state index contributed by atoms with van der Waals surface area (Å²) in [6, 6.07) is 9.58. The molecule has 0 aliphatic carbocycles. The second-order valence-electron chi connectivity index (χ2n) is 6.13. The van der Waals surface area contributed by atoms with Crippen molar-refractivity contribution in [2.24, 2.45) is 0 Å². The molecule has 0 aliphatic heterocycles. The van der Waals surface area contributed by atoms with Gasteiger partial charge >= 0.3 is 6.18 Å². The average Bonchev–Trinajstić information content (AvgIpc) is 2.66. The second-order valence-corrected chi connectivity index (χ2v) is 6.13. The number of para-hydroxylation sites is 1. The molecule has 8 heteroatoms. The number of hydrogen-bond donors (Lipinski definition) is 1. The minimum atomic E-state index is -4.51. The zero-order chi connectivity index (χ0) is 20.7. The van der Waals surface area contributed by atoms with Gasteiger partial charge in [0.2, 0.25) is 5.91 Å². The Labute approximate surface area is 161 Å². The van der Waals surface area contributed by atoms with Crippen LogP contribution in [0.15, 0.2) is 42.5 Å². The zero-order valence-electron chi connectivity index (χ0n) is 15.8. The minimum Gasteiger partial charge on any atom is -0.497 e. The van der Waals surface area contributed by atoms with E-state index in [1.807, 2.05) is 0 Å². The van der Waals surface area contributed by atoms with E-state index in [4.69, 9.17) is 14.2 Å². The highest BCUT2D eigenvalue weighted by Crippen LogP contribution is 2.35. The van der Waals surface area contributed by atoms with Crippen molar-refractivity contribution < 1.29 is 32.2 Å². The van der Waals surface area contributed by atoms with Gasteiger partial charge in [0, 0.05) is 11.6 Å². The number of hydrogen-bond acceptors (Lipinski definition) is 4. The number of nitrogens with one attached hydrogen (secondary N) is 1. The number of carbonyl (C=O) groups excluding carboxylic acids is 1. The molecule has 2 aromatic rings. The van der Waals surface area contributed by atoms with Crippen LogP contribution < -0.4 is 19.5 Å². The Kier molecular flexibility index (Phi) is 7.14. The largest absolute Gasteiger partial charge is 0.497 e. The lowest BCUT2D eigenvalue weighted by atomic mass is 10.1. The number of alkyl halides is 3. The molecule has 2 aromatic carbocycles. The van der Waals surface area contributed by atoms with Crippen molar-refractivity contribution in [2.45, 2.75) is 25.6 Å². The van der Waals surface area contributed by atoms with Crippen molar-refractivity contribution in [2.75, 3.05) is 20.8 Å². The Balaban J connectivity index is 1.94. The monoisotopic (exact) mass is 397 g/mol. The Morgan fingerprint density at radius 1 is 1.07 bits per heavy atom. The molecular formula is C20H22F3NO4. The van der Waals surface area contributed by atoms with Crippen LogP contribution in [0, 0.1) is 0 Å². The van der Waals surface area contributed by atoms with E-state index in [0.717, 1.165) is 6.07 Å². The molecular weight excluding hydrogens is 375 g/mol. The van der Waals surface area contributed by atoms with Crippen molar-refractivity contribution in [1.82, 2.24) is 5.32 Å². The van der Waals surface area contributed by atoms with Gasteiger partial charge in [-0.1, -0.05) is 18.2 Å². The van der Waals surface area contributed by atoms with Crippen LogP contribution in [-0.2, 0) is 17.4 Å². The molecule has 0 fully saturated rings. The highest BCUT2D eigenvalue weighted by atomic mass is 19.4. The Morgan fingerprint density at radius 2 is 1.79 bits per heavy atom.